The first-order valence-electron chi connectivity index (χ1n) is 11.2. The molecule has 0 radical (unpaired) electrons. The van der Waals surface area contributed by atoms with Crippen LogP contribution in [0.3, 0.4) is 0 Å². The van der Waals surface area contributed by atoms with E-state index in [1.165, 1.54) is 23.0 Å². The number of benzene rings is 2. The summed E-state index contributed by atoms with van der Waals surface area (Å²) < 4.78 is 5.14. The van der Waals surface area contributed by atoms with Crippen molar-refractivity contribution in [3.8, 4) is 0 Å². The lowest BCUT2D eigenvalue weighted by Crippen LogP contribution is -2.37. The zero-order valence-electron chi connectivity index (χ0n) is 19.6. The van der Waals surface area contributed by atoms with Crippen molar-refractivity contribution in [1.29, 1.82) is 0 Å². The average molecular weight is 489 g/mol. The van der Waals surface area contributed by atoms with Crippen LogP contribution in [-0.2, 0) is 25.4 Å². The molecule has 0 atom stereocenters. The summed E-state index contributed by atoms with van der Waals surface area (Å²) in [5, 5.41) is 0.627. The Labute approximate surface area is 204 Å². The Bertz CT molecular complexity index is 1660. The van der Waals surface area contributed by atoms with Gasteiger partial charge in [-0.15, -0.1) is 0 Å². The molecule has 10 heteroatoms. The van der Waals surface area contributed by atoms with E-state index in [0.29, 0.717) is 29.3 Å². The number of hydrogen-bond donors (Lipinski definition) is 0. The second-order valence-electron chi connectivity index (χ2n) is 8.40. The van der Waals surface area contributed by atoms with Gasteiger partial charge in [0, 0.05) is 27.1 Å². The molecule has 3 heterocycles. The minimum Gasteiger partial charge on any atom is -0.325 e. The van der Waals surface area contributed by atoms with E-state index in [1.54, 1.807) is 22.8 Å². The van der Waals surface area contributed by atoms with Gasteiger partial charge in [-0.2, -0.15) is 0 Å². The molecule has 0 aliphatic rings. The smallest absolute Gasteiger partial charge is 0.325 e. The monoisotopic (exact) mass is 488 g/mol. The van der Waals surface area contributed by atoms with Crippen molar-refractivity contribution in [3.05, 3.63) is 81.3 Å². The SMILES string of the molecule is Cc1ccccc1N(C(=O)CCCn1cnc2c1c(=O)n(C)c(=O)n2C)c1nc2ccccc2s1. The largest absolute Gasteiger partial charge is 0.332 e. The van der Waals surface area contributed by atoms with Crippen LogP contribution in [0.5, 0.6) is 0 Å². The number of hydrogen-bond acceptors (Lipinski definition) is 6. The minimum atomic E-state index is -0.423. The first kappa shape index (κ1) is 22.7. The van der Waals surface area contributed by atoms with E-state index in [1.807, 2.05) is 55.5 Å². The zero-order chi connectivity index (χ0) is 24.7. The zero-order valence-corrected chi connectivity index (χ0v) is 20.5. The molecule has 0 aliphatic carbocycles. The number of imidazole rings is 1. The van der Waals surface area contributed by atoms with Gasteiger partial charge >= 0.3 is 5.69 Å². The van der Waals surface area contributed by atoms with Gasteiger partial charge in [0.05, 0.1) is 22.2 Å². The summed E-state index contributed by atoms with van der Waals surface area (Å²) >= 11 is 1.48. The number of carbonyl (C=O) groups excluding carboxylic acids is 1. The molecular weight excluding hydrogens is 464 g/mol. The van der Waals surface area contributed by atoms with Crippen molar-refractivity contribution in [2.24, 2.45) is 14.1 Å². The quantitative estimate of drug-likeness (QED) is 0.365. The molecule has 0 aliphatic heterocycles. The summed E-state index contributed by atoms with van der Waals surface area (Å²) in [7, 11) is 3.03. The summed E-state index contributed by atoms with van der Waals surface area (Å²) in [6, 6.07) is 15.6. The predicted molar refractivity (Wildman–Crippen MR) is 137 cm³/mol. The Balaban J connectivity index is 1.43. The van der Waals surface area contributed by atoms with E-state index in [9.17, 15) is 14.4 Å². The molecular formula is C25H24N6O3S. The standard InChI is InChI=1S/C25H24N6O3S/c1-16-9-4-6-11-18(16)31(24-27-17-10-5-7-12-19(17)35-24)20(32)13-8-14-30-15-26-22-21(30)23(33)29(3)25(34)28(22)2/h4-7,9-12,15H,8,13-14H2,1-3H3. The highest BCUT2D eigenvalue weighted by molar-refractivity contribution is 7.22. The Kier molecular flexibility index (Phi) is 5.81. The molecule has 178 valence electrons. The first-order chi connectivity index (χ1) is 16.9. The van der Waals surface area contributed by atoms with Crippen LogP contribution >= 0.6 is 11.3 Å². The van der Waals surface area contributed by atoms with Crippen LogP contribution in [0.2, 0.25) is 0 Å². The molecule has 2 aromatic carbocycles. The van der Waals surface area contributed by atoms with Crippen LogP contribution < -0.4 is 16.1 Å². The number of nitrogens with zero attached hydrogens (tertiary/aromatic N) is 6. The molecule has 9 nitrogen and oxygen atoms in total. The average Bonchev–Trinajstić information content (AvgIpc) is 3.47. The number of para-hydroxylation sites is 2. The van der Waals surface area contributed by atoms with E-state index in [4.69, 9.17) is 4.98 Å². The van der Waals surface area contributed by atoms with Crippen LogP contribution in [0.15, 0.2) is 64.4 Å². The van der Waals surface area contributed by atoms with Gasteiger partial charge < -0.3 is 4.57 Å². The fourth-order valence-electron chi connectivity index (χ4n) is 4.19. The second-order valence-corrected chi connectivity index (χ2v) is 9.41. The van der Waals surface area contributed by atoms with Gasteiger partial charge in [-0.1, -0.05) is 41.7 Å². The fraction of sp³-hybridized carbons (Fsp3) is 0.240. The number of aryl methyl sites for hydroxylation is 3. The van der Waals surface area contributed by atoms with Crippen molar-refractivity contribution in [3.63, 3.8) is 0 Å². The third-order valence-corrected chi connectivity index (χ3v) is 7.11. The van der Waals surface area contributed by atoms with Crippen LogP contribution in [0.25, 0.3) is 21.4 Å². The number of rotatable bonds is 6. The summed E-state index contributed by atoms with van der Waals surface area (Å²) in [5.41, 5.74) is 2.49. The lowest BCUT2D eigenvalue weighted by atomic mass is 10.1. The molecule has 0 unspecified atom stereocenters. The Hall–Kier alpha value is -4.05. The number of carbonyl (C=O) groups is 1. The normalized spacial score (nSPS) is 11.4. The predicted octanol–water partition coefficient (Wildman–Crippen LogP) is 3.50. The van der Waals surface area contributed by atoms with Gasteiger partial charge in [0.25, 0.3) is 5.56 Å². The number of thiazole rings is 1. The highest BCUT2D eigenvalue weighted by atomic mass is 32.1. The molecule has 1 amide bonds. The lowest BCUT2D eigenvalue weighted by Gasteiger charge is -2.22. The van der Waals surface area contributed by atoms with Crippen LogP contribution in [0.1, 0.15) is 18.4 Å². The van der Waals surface area contributed by atoms with Crippen molar-refractivity contribution in [1.82, 2.24) is 23.7 Å². The molecule has 0 fully saturated rings. The maximum atomic E-state index is 13.5. The summed E-state index contributed by atoms with van der Waals surface area (Å²) in [6.07, 6.45) is 2.28. The molecule has 5 rings (SSSR count). The Morgan fingerprint density at radius 3 is 2.54 bits per heavy atom. The van der Waals surface area contributed by atoms with Crippen LogP contribution in [0, 0.1) is 6.92 Å². The molecule has 5 aromatic rings. The third kappa shape index (κ3) is 3.95. The van der Waals surface area contributed by atoms with Gasteiger partial charge in [-0.05, 0) is 37.1 Å². The highest BCUT2D eigenvalue weighted by Gasteiger charge is 2.23. The van der Waals surface area contributed by atoms with E-state index in [0.717, 1.165) is 26.0 Å². The third-order valence-electron chi connectivity index (χ3n) is 6.09. The van der Waals surface area contributed by atoms with Crippen LogP contribution in [-0.4, -0.2) is 29.6 Å². The fourth-order valence-corrected chi connectivity index (χ4v) is 5.19. The van der Waals surface area contributed by atoms with Crippen molar-refractivity contribution in [2.75, 3.05) is 4.90 Å². The topological polar surface area (TPSA) is 95.0 Å². The van der Waals surface area contributed by atoms with Gasteiger partial charge in [0.1, 0.15) is 0 Å². The van der Waals surface area contributed by atoms with E-state index >= 15 is 0 Å². The Morgan fingerprint density at radius 1 is 1.03 bits per heavy atom. The molecule has 0 bridgehead atoms. The molecule has 0 saturated carbocycles. The maximum Gasteiger partial charge on any atom is 0.332 e. The lowest BCUT2D eigenvalue weighted by molar-refractivity contribution is -0.118. The number of aromatic nitrogens is 5. The summed E-state index contributed by atoms with van der Waals surface area (Å²) in [5.74, 6) is -0.0805. The molecule has 0 saturated heterocycles. The summed E-state index contributed by atoms with van der Waals surface area (Å²) in [6.45, 7) is 2.39. The maximum absolute atomic E-state index is 13.5. The van der Waals surface area contributed by atoms with E-state index < -0.39 is 11.2 Å². The molecule has 35 heavy (non-hydrogen) atoms. The van der Waals surface area contributed by atoms with Gasteiger partial charge in [-0.25, -0.2) is 14.8 Å². The minimum absolute atomic E-state index is 0.0805. The van der Waals surface area contributed by atoms with Gasteiger partial charge in [-0.3, -0.25) is 23.6 Å². The first-order valence-corrected chi connectivity index (χ1v) is 12.0. The van der Waals surface area contributed by atoms with Gasteiger partial charge in [0.15, 0.2) is 16.3 Å². The van der Waals surface area contributed by atoms with Crippen molar-refractivity contribution in [2.45, 2.75) is 26.3 Å². The summed E-state index contributed by atoms with van der Waals surface area (Å²) in [4.78, 5) is 49.1. The van der Waals surface area contributed by atoms with Gasteiger partial charge in [0.2, 0.25) is 5.91 Å². The van der Waals surface area contributed by atoms with E-state index in [-0.39, 0.29) is 12.3 Å². The molecule has 0 N–H and O–H groups in total. The molecule has 0 spiro atoms. The second kappa shape index (κ2) is 8.95. The van der Waals surface area contributed by atoms with Crippen molar-refractivity contribution < 1.29 is 4.79 Å². The molecule has 3 aromatic heterocycles. The Morgan fingerprint density at radius 2 is 1.77 bits per heavy atom. The van der Waals surface area contributed by atoms with Crippen LogP contribution in [0.4, 0.5) is 10.8 Å². The highest BCUT2D eigenvalue weighted by Crippen LogP contribution is 2.35. The number of fused-ring (bicyclic) bond motifs is 2. The number of amides is 1. The van der Waals surface area contributed by atoms with E-state index in [2.05, 4.69) is 4.98 Å². The van der Waals surface area contributed by atoms with Crippen molar-refractivity contribution >= 4 is 49.4 Å². The number of anilines is 2.